The second kappa shape index (κ2) is 5.30. The molecule has 0 N–H and O–H groups in total. The molecule has 0 saturated carbocycles. The van der Waals surface area contributed by atoms with Crippen LogP contribution in [0, 0.1) is 5.41 Å². The number of hydrogen-bond donors (Lipinski definition) is 0. The maximum absolute atomic E-state index is 12.9. The first-order valence-corrected chi connectivity index (χ1v) is 7.38. The van der Waals surface area contributed by atoms with Crippen LogP contribution in [0.3, 0.4) is 0 Å². The SMILES string of the molecule is CCC1(C)C(=O)N(c2ccccc2)N(c2ccccc2)C1=O. The Morgan fingerprint density at radius 3 is 1.45 bits per heavy atom. The zero-order valence-electron chi connectivity index (χ0n) is 12.7. The predicted octanol–water partition coefficient (Wildman–Crippen LogP) is 3.40. The van der Waals surface area contributed by atoms with Crippen LogP contribution in [0.15, 0.2) is 60.7 Å². The Labute approximate surface area is 129 Å². The third-order valence-electron chi connectivity index (χ3n) is 4.24. The smallest absolute Gasteiger partial charge is 0.261 e. The zero-order valence-corrected chi connectivity index (χ0v) is 12.7. The lowest BCUT2D eigenvalue weighted by molar-refractivity contribution is -0.133. The number of carbonyl (C=O) groups excluding carboxylic acids is 2. The van der Waals surface area contributed by atoms with Crippen LogP contribution in [-0.4, -0.2) is 11.8 Å². The van der Waals surface area contributed by atoms with Crippen LogP contribution < -0.4 is 10.0 Å². The molecule has 0 aliphatic carbocycles. The van der Waals surface area contributed by atoms with Gasteiger partial charge in [-0.2, -0.15) is 0 Å². The lowest BCUT2D eigenvalue weighted by atomic mass is 9.86. The van der Waals surface area contributed by atoms with Crippen LogP contribution in [0.1, 0.15) is 20.3 Å². The summed E-state index contributed by atoms with van der Waals surface area (Å²) >= 11 is 0. The molecule has 0 aromatic heterocycles. The fraction of sp³-hybridized carbons (Fsp3) is 0.222. The van der Waals surface area contributed by atoms with Gasteiger partial charge in [-0.25, -0.2) is 10.0 Å². The van der Waals surface area contributed by atoms with E-state index < -0.39 is 5.41 Å². The third kappa shape index (κ3) is 1.99. The van der Waals surface area contributed by atoms with Gasteiger partial charge in [0.1, 0.15) is 5.41 Å². The molecule has 0 spiro atoms. The molecule has 1 fully saturated rings. The largest absolute Gasteiger partial charge is 0.271 e. The van der Waals surface area contributed by atoms with Crippen molar-refractivity contribution in [1.29, 1.82) is 0 Å². The van der Waals surface area contributed by atoms with Crippen molar-refractivity contribution in [3.63, 3.8) is 0 Å². The van der Waals surface area contributed by atoms with Gasteiger partial charge in [-0.3, -0.25) is 9.59 Å². The number of hydrogen-bond acceptors (Lipinski definition) is 2. The van der Waals surface area contributed by atoms with Crippen LogP contribution in [0.25, 0.3) is 0 Å². The number of benzene rings is 2. The van der Waals surface area contributed by atoms with E-state index in [4.69, 9.17) is 0 Å². The minimum absolute atomic E-state index is 0.185. The van der Waals surface area contributed by atoms with Gasteiger partial charge in [0.2, 0.25) is 0 Å². The molecular weight excluding hydrogens is 276 g/mol. The summed E-state index contributed by atoms with van der Waals surface area (Å²) in [4.78, 5) is 25.8. The summed E-state index contributed by atoms with van der Waals surface area (Å²) in [6.07, 6.45) is 0.470. The van der Waals surface area contributed by atoms with Gasteiger partial charge in [0.05, 0.1) is 11.4 Å². The third-order valence-corrected chi connectivity index (χ3v) is 4.24. The van der Waals surface area contributed by atoms with Gasteiger partial charge in [-0.05, 0) is 37.6 Å². The van der Waals surface area contributed by atoms with Crippen molar-refractivity contribution >= 4 is 23.2 Å². The molecular formula is C18H18N2O2. The molecule has 4 heteroatoms. The van der Waals surface area contributed by atoms with E-state index in [0.29, 0.717) is 17.8 Å². The molecule has 0 unspecified atom stereocenters. The Morgan fingerprint density at radius 1 is 0.773 bits per heavy atom. The Kier molecular flexibility index (Phi) is 3.45. The second-order valence-electron chi connectivity index (χ2n) is 5.59. The summed E-state index contributed by atoms with van der Waals surface area (Å²) in [5.74, 6) is -0.370. The van der Waals surface area contributed by atoms with E-state index in [1.807, 2.05) is 67.6 Å². The summed E-state index contributed by atoms with van der Waals surface area (Å²) in [5, 5.41) is 2.97. The number of anilines is 2. The van der Waals surface area contributed by atoms with Gasteiger partial charge >= 0.3 is 0 Å². The standard InChI is InChI=1S/C18H18N2O2/c1-3-18(2)16(21)19(14-10-6-4-7-11-14)20(17(18)22)15-12-8-5-9-13-15/h4-13H,3H2,1-2H3. The quantitative estimate of drug-likeness (QED) is 0.814. The molecule has 1 heterocycles. The molecule has 112 valence electrons. The van der Waals surface area contributed by atoms with E-state index in [1.165, 1.54) is 10.0 Å². The van der Waals surface area contributed by atoms with Crippen LogP contribution in [0.4, 0.5) is 11.4 Å². The first kappa shape index (κ1) is 14.3. The van der Waals surface area contributed by atoms with E-state index in [0.717, 1.165) is 0 Å². The minimum Gasteiger partial charge on any atom is -0.271 e. The first-order chi connectivity index (χ1) is 10.6. The lowest BCUT2D eigenvalue weighted by Gasteiger charge is -2.27. The number of carbonyl (C=O) groups is 2. The lowest BCUT2D eigenvalue weighted by Crippen LogP contribution is -2.41. The number of para-hydroxylation sites is 2. The van der Waals surface area contributed by atoms with E-state index in [9.17, 15) is 9.59 Å². The molecule has 2 aromatic carbocycles. The summed E-state index contributed by atoms with van der Waals surface area (Å²) in [5.41, 5.74) is 0.370. The highest BCUT2D eigenvalue weighted by atomic mass is 16.2. The maximum atomic E-state index is 12.9. The number of hydrazine groups is 1. The van der Waals surface area contributed by atoms with Crippen LogP contribution in [-0.2, 0) is 9.59 Å². The Morgan fingerprint density at radius 2 is 1.14 bits per heavy atom. The topological polar surface area (TPSA) is 40.6 Å². The second-order valence-corrected chi connectivity index (χ2v) is 5.59. The van der Waals surface area contributed by atoms with Gasteiger partial charge in [0, 0.05) is 0 Å². The van der Waals surface area contributed by atoms with E-state index in [2.05, 4.69) is 0 Å². The molecule has 1 aliphatic heterocycles. The molecule has 0 bridgehead atoms. The zero-order chi connectivity index (χ0) is 15.7. The normalized spacial score (nSPS) is 17.2. The molecule has 0 atom stereocenters. The summed E-state index contributed by atoms with van der Waals surface area (Å²) in [7, 11) is 0. The van der Waals surface area contributed by atoms with E-state index in [1.54, 1.807) is 6.92 Å². The highest BCUT2D eigenvalue weighted by Gasteiger charge is 2.55. The fourth-order valence-electron chi connectivity index (χ4n) is 2.65. The van der Waals surface area contributed by atoms with E-state index >= 15 is 0 Å². The van der Waals surface area contributed by atoms with Gasteiger partial charge in [0.25, 0.3) is 11.8 Å². The van der Waals surface area contributed by atoms with Gasteiger partial charge in [-0.1, -0.05) is 43.3 Å². The predicted molar refractivity (Wildman–Crippen MR) is 86.3 cm³/mol. The monoisotopic (exact) mass is 294 g/mol. The van der Waals surface area contributed by atoms with Crippen LogP contribution in [0.5, 0.6) is 0 Å². The Bertz CT molecular complexity index is 640. The highest BCUT2D eigenvalue weighted by Crippen LogP contribution is 2.39. The van der Waals surface area contributed by atoms with Crippen LogP contribution in [0.2, 0.25) is 0 Å². The van der Waals surface area contributed by atoms with Crippen molar-refractivity contribution < 1.29 is 9.59 Å². The first-order valence-electron chi connectivity index (χ1n) is 7.38. The van der Waals surface area contributed by atoms with Gasteiger partial charge < -0.3 is 0 Å². The highest BCUT2D eigenvalue weighted by molar-refractivity contribution is 6.25. The molecule has 1 saturated heterocycles. The van der Waals surface area contributed by atoms with Gasteiger partial charge in [0.15, 0.2) is 0 Å². The van der Waals surface area contributed by atoms with Crippen molar-refractivity contribution in [2.24, 2.45) is 5.41 Å². The molecule has 4 nitrogen and oxygen atoms in total. The van der Waals surface area contributed by atoms with E-state index in [-0.39, 0.29) is 11.8 Å². The minimum atomic E-state index is -1.02. The number of rotatable bonds is 3. The summed E-state index contributed by atoms with van der Waals surface area (Å²) in [6, 6.07) is 18.6. The van der Waals surface area contributed by atoms with Crippen molar-refractivity contribution in [1.82, 2.24) is 0 Å². The summed E-state index contributed by atoms with van der Waals surface area (Å²) < 4.78 is 0. The fourth-order valence-corrected chi connectivity index (χ4v) is 2.65. The van der Waals surface area contributed by atoms with Crippen molar-refractivity contribution in [2.75, 3.05) is 10.0 Å². The average Bonchev–Trinajstić information content (AvgIpc) is 2.78. The van der Waals surface area contributed by atoms with Crippen molar-refractivity contribution in [3.8, 4) is 0 Å². The molecule has 2 aromatic rings. The summed E-state index contributed by atoms with van der Waals surface area (Å²) in [6.45, 7) is 3.59. The van der Waals surface area contributed by atoms with Crippen LogP contribution >= 0.6 is 0 Å². The average molecular weight is 294 g/mol. The maximum Gasteiger partial charge on any atom is 0.261 e. The van der Waals surface area contributed by atoms with Crippen molar-refractivity contribution in [3.05, 3.63) is 60.7 Å². The number of amides is 2. The molecule has 2 amide bonds. The molecule has 1 aliphatic rings. The Balaban J connectivity index is 2.16. The Hall–Kier alpha value is -2.62. The molecule has 22 heavy (non-hydrogen) atoms. The number of nitrogens with zero attached hydrogens (tertiary/aromatic N) is 2. The molecule has 0 radical (unpaired) electrons. The van der Waals surface area contributed by atoms with Crippen molar-refractivity contribution in [2.45, 2.75) is 20.3 Å². The van der Waals surface area contributed by atoms with Gasteiger partial charge in [-0.15, -0.1) is 0 Å². The molecule has 3 rings (SSSR count).